The molecule has 0 bridgehead atoms. The van der Waals surface area contributed by atoms with Crippen molar-refractivity contribution in [2.24, 2.45) is 4.99 Å². The summed E-state index contributed by atoms with van der Waals surface area (Å²) in [5.74, 6) is 1.93. The summed E-state index contributed by atoms with van der Waals surface area (Å²) in [5, 5.41) is 11.6. The molecule has 0 amide bonds. The number of ether oxygens (including phenoxy) is 2. The van der Waals surface area contributed by atoms with E-state index in [0.29, 0.717) is 17.3 Å². The average molecular weight is 447 g/mol. The number of nitro benzene ring substituents is 1. The van der Waals surface area contributed by atoms with Gasteiger partial charge in [0.15, 0.2) is 26.5 Å². The first-order valence-electron chi connectivity index (χ1n) is 9.23. The van der Waals surface area contributed by atoms with Crippen molar-refractivity contribution >= 4 is 38.1 Å². The molecule has 11 heteroatoms. The van der Waals surface area contributed by atoms with Gasteiger partial charge in [-0.3, -0.25) is 15.1 Å². The number of anilines is 1. The largest absolute Gasteiger partial charge is 0.454 e. The minimum Gasteiger partial charge on any atom is -0.454 e. The Bertz CT molecular complexity index is 1150. The Balaban J connectivity index is 1.41. The van der Waals surface area contributed by atoms with E-state index < -0.39 is 14.8 Å². The summed E-state index contributed by atoms with van der Waals surface area (Å²) in [6.07, 6.45) is 0. The van der Waals surface area contributed by atoms with Crippen LogP contribution in [0.3, 0.4) is 0 Å². The van der Waals surface area contributed by atoms with E-state index >= 15 is 0 Å². The third-order valence-corrected chi connectivity index (χ3v) is 7.99. The number of amidine groups is 1. The zero-order valence-electron chi connectivity index (χ0n) is 15.6. The Morgan fingerprint density at radius 1 is 1.13 bits per heavy atom. The Kier molecular flexibility index (Phi) is 4.58. The van der Waals surface area contributed by atoms with Gasteiger partial charge in [0.25, 0.3) is 5.69 Å². The zero-order valence-corrected chi connectivity index (χ0v) is 17.3. The predicted octanol–water partition coefficient (Wildman–Crippen LogP) is 2.60. The van der Waals surface area contributed by atoms with Gasteiger partial charge in [-0.05, 0) is 17.7 Å². The predicted molar refractivity (Wildman–Crippen MR) is 113 cm³/mol. The lowest BCUT2D eigenvalue weighted by molar-refractivity contribution is -0.384. The summed E-state index contributed by atoms with van der Waals surface area (Å²) in [6.45, 7) is 0.162. The number of aliphatic imine (C=N–C) groups is 1. The lowest BCUT2D eigenvalue weighted by Crippen LogP contribution is -2.39. The minimum atomic E-state index is -3.14. The molecule has 0 radical (unpaired) electrons. The van der Waals surface area contributed by atoms with Crippen LogP contribution in [0.2, 0.25) is 0 Å². The van der Waals surface area contributed by atoms with E-state index in [-0.39, 0.29) is 36.1 Å². The molecule has 0 unspecified atom stereocenters. The van der Waals surface area contributed by atoms with Gasteiger partial charge in [-0.1, -0.05) is 23.9 Å². The molecule has 30 heavy (non-hydrogen) atoms. The summed E-state index contributed by atoms with van der Waals surface area (Å²) < 4.78 is 35.2. The monoisotopic (exact) mass is 447 g/mol. The summed E-state index contributed by atoms with van der Waals surface area (Å²) in [4.78, 5) is 17.1. The first-order valence-corrected chi connectivity index (χ1v) is 12.0. The number of nitro groups is 1. The summed E-state index contributed by atoms with van der Waals surface area (Å²) >= 11 is 1.48. The highest BCUT2D eigenvalue weighted by Crippen LogP contribution is 2.41. The number of sulfone groups is 1. The lowest BCUT2D eigenvalue weighted by Gasteiger charge is -2.26. The smallest absolute Gasteiger partial charge is 0.269 e. The van der Waals surface area contributed by atoms with Gasteiger partial charge in [0, 0.05) is 29.6 Å². The van der Waals surface area contributed by atoms with Gasteiger partial charge < -0.3 is 14.4 Å². The molecule has 0 saturated carbocycles. The molecular weight excluding hydrogens is 430 g/mol. The average Bonchev–Trinajstić information content (AvgIpc) is 3.37. The maximum atomic E-state index is 12.2. The van der Waals surface area contributed by atoms with E-state index in [9.17, 15) is 18.5 Å². The van der Waals surface area contributed by atoms with Crippen LogP contribution in [0.15, 0.2) is 47.5 Å². The molecule has 2 atom stereocenters. The van der Waals surface area contributed by atoms with Crippen molar-refractivity contribution in [1.82, 2.24) is 0 Å². The molecular formula is C19H17N3O6S2. The van der Waals surface area contributed by atoms with Gasteiger partial charge in [-0.15, -0.1) is 0 Å². The Morgan fingerprint density at radius 3 is 2.67 bits per heavy atom. The second-order valence-electron chi connectivity index (χ2n) is 7.24. The van der Waals surface area contributed by atoms with Gasteiger partial charge in [-0.25, -0.2) is 8.42 Å². The van der Waals surface area contributed by atoms with Crippen molar-refractivity contribution in [2.45, 2.75) is 17.8 Å². The summed E-state index contributed by atoms with van der Waals surface area (Å²) in [7, 11) is -3.14. The highest BCUT2D eigenvalue weighted by Gasteiger charge is 2.47. The number of hydrogen-bond donors (Lipinski definition) is 0. The van der Waals surface area contributed by atoms with Gasteiger partial charge in [0.2, 0.25) is 6.79 Å². The van der Waals surface area contributed by atoms with E-state index in [4.69, 9.17) is 14.5 Å². The van der Waals surface area contributed by atoms with E-state index in [1.807, 2.05) is 23.1 Å². The molecule has 2 aromatic rings. The van der Waals surface area contributed by atoms with Crippen molar-refractivity contribution in [3.05, 3.63) is 58.1 Å². The molecule has 9 nitrogen and oxygen atoms in total. The third kappa shape index (κ3) is 3.47. The summed E-state index contributed by atoms with van der Waals surface area (Å²) in [6, 6.07) is 11.4. The molecule has 156 valence electrons. The van der Waals surface area contributed by atoms with E-state index in [0.717, 1.165) is 16.4 Å². The van der Waals surface area contributed by atoms with Gasteiger partial charge >= 0.3 is 0 Å². The van der Waals surface area contributed by atoms with Crippen molar-refractivity contribution in [3.63, 3.8) is 0 Å². The molecule has 3 aliphatic rings. The highest BCUT2D eigenvalue weighted by molar-refractivity contribution is 8.13. The summed E-state index contributed by atoms with van der Waals surface area (Å²) in [5.41, 5.74) is 1.77. The van der Waals surface area contributed by atoms with Crippen molar-refractivity contribution < 1.29 is 22.8 Å². The van der Waals surface area contributed by atoms with Crippen LogP contribution >= 0.6 is 11.8 Å². The number of thioether (sulfide) groups is 1. The molecule has 0 N–H and O–H groups in total. The van der Waals surface area contributed by atoms with Crippen LogP contribution in [0, 0.1) is 10.1 Å². The number of hydrogen-bond acceptors (Lipinski definition) is 9. The topological polar surface area (TPSA) is 111 Å². The second-order valence-corrected chi connectivity index (χ2v) is 10.3. The van der Waals surface area contributed by atoms with Gasteiger partial charge in [0.1, 0.15) is 0 Å². The van der Waals surface area contributed by atoms with Crippen molar-refractivity contribution in [1.29, 1.82) is 0 Å². The first kappa shape index (κ1) is 19.2. The van der Waals surface area contributed by atoms with E-state index in [2.05, 4.69) is 0 Å². The van der Waals surface area contributed by atoms with Crippen LogP contribution in [0.25, 0.3) is 0 Å². The molecule has 3 heterocycles. The fourth-order valence-corrected chi connectivity index (χ4v) is 6.75. The first-order chi connectivity index (χ1) is 14.4. The molecule has 1 fully saturated rings. The Hall–Kier alpha value is -2.79. The number of rotatable bonds is 4. The molecule has 1 saturated heterocycles. The van der Waals surface area contributed by atoms with Crippen LogP contribution in [0.4, 0.5) is 11.4 Å². The van der Waals surface area contributed by atoms with Crippen LogP contribution in [-0.4, -0.2) is 48.9 Å². The molecule has 5 rings (SSSR count). The SMILES string of the molecule is O=[N+]([O-])c1ccc(CSC2=N[C@H]3CS(=O)(=O)C[C@@H]3N2c2ccc3c(c2)OCO3)cc1. The Labute approximate surface area is 176 Å². The van der Waals surface area contributed by atoms with Crippen LogP contribution < -0.4 is 14.4 Å². The standard InChI is InChI=1S/C19H17N3O6S2/c23-22(24)13-3-1-12(2-4-13)8-29-19-20-15-9-30(25,26)10-16(15)21(19)14-5-6-17-18(7-14)28-11-27-17/h1-7,15-16H,8-11H2/t15-,16-/m0/s1. The maximum Gasteiger partial charge on any atom is 0.269 e. The number of fused-ring (bicyclic) bond motifs is 2. The normalized spacial score (nSPS) is 23.3. The molecule has 0 spiro atoms. The molecule has 3 aliphatic heterocycles. The molecule has 0 aromatic heterocycles. The van der Waals surface area contributed by atoms with Gasteiger partial charge in [0.05, 0.1) is 28.5 Å². The Morgan fingerprint density at radius 2 is 1.90 bits per heavy atom. The van der Waals surface area contributed by atoms with Crippen LogP contribution in [0.1, 0.15) is 5.56 Å². The van der Waals surface area contributed by atoms with Crippen molar-refractivity contribution in [3.8, 4) is 11.5 Å². The lowest BCUT2D eigenvalue weighted by atomic mass is 10.1. The van der Waals surface area contributed by atoms with E-state index in [1.165, 1.54) is 23.9 Å². The molecule has 0 aliphatic carbocycles. The van der Waals surface area contributed by atoms with Crippen molar-refractivity contribution in [2.75, 3.05) is 23.2 Å². The number of benzene rings is 2. The third-order valence-electron chi connectivity index (χ3n) is 5.26. The number of nitrogens with zero attached hydrogens (tertiary/aromatic N) is 3. The fourth-order valence-electron chi connectivity index (χ4n) is 3.83. The van der Waals surface area contributed by atoms with Crippen LogP contribution in [-0.2, 0) is 15.6 Å². The second kappa shape index (κ2) is 7.17. The minimum absolute atomic E-state index is 0.0420. The number of non-ortho nitro benzene ring substituents is 1. The molecule has 2 aromatic carbocycles. The zero-order chi connectivity index (χ0) is 20.9. The van der Waals surface area contributed by atoms with Crippen LogP contribution in [0.5, 0.6) is 11.5 Å². The quantitative estimate of drug-likeness (QED) is 0.519. The fraction of sp³-hybridized carbons (Fsp3) is 0.316. The maximum absolute atomic E-state index is 12.2. The van der Waals surface area contributed by atoms with E-state index in [1.54, 1.807) is 12.1 Å². The highest BCUT2D eigenvalue weighted by atomic mass is 32.2. The van der Waals surface area contributed by atoms with Gasteiger partial charge in [-0.2, -0.15) is 0 Å².